The van der Waals surface area contributed by atoms with Gasteiger partial charge < -0.3 is 20.2 Å². The lowest BCUT2D eigenvalue weighted by Gasteiger charge is -2.36. The van der Waals surface area contributed by atoms with Gasteiger partial charge in [0.15, 0.2) is 11.6 Å². The van der Waals surface area contributed by atoms with E-state index < -0.39 is 0 Å². The molecule has 2 aromatic carbocycles. The maximum absolute atomic E-state index is 13.5. The first-order chi connectivity index (χ1) is 16.6. The molecule has 0 bridgehead atoms. The molecule has 2 aliphatic rings. The van der Waals surface area contributed by atoms with Gasteiger partial charge >= 0.3 is 0 Å². The van der Waals surface area contributed by atoms with Crippen LogP contribution in [-0.4, -0.2) is 71.8 Å². The van der Waals surface area contributed by atoms with E-state index in [1.165, 1.54) is 0 Å². The van der Waals surface area contributed by atoms with Gasteiger partial charge in [-0.15, -0.1) is 0 Å². The average Bonchev–Trinajstić information content (AvgIpc) is 2.90. The number of fused-ring (bicyclic) bond motifs is 2. The molecule has 1 aromatic heterocycles. The van der Waals surface area contributed by atoms with E-state index in [0.29, 0.717) is 48.6 Å². The Morgan fingerprint density at radius 1 is 0.882 bits per heavy atom. The van der Waals surface area contributed by atoms with Gasteiger partial charge in [-0.3, -0.25) is 14.4 Å². The Morgan fingerprint density at radius 2 is 1.59 bits per heavy atom. The molecule has 8 nitrogen and oxygen atoms in total. The maximum Gasteiger partial charge on any atom is 0.256 e. The predicted molar refractivity (Wildman–Crippen MR) is 128 cm³/mol. The van der Waals surface area contributed by atoms with E-state index in [1.54, 1.807) is 47.5 Å². The number of ketones is 2. The lowest BCUT2D eigenvalue weighted by atomic mass is 9.82. The molecule has 8 heteroatoms. The number of carbonyl (C=O) groups is 3. The van der Waals surface area contributed by atoms with Gasteiger partial charge in [0.05, 0.1) is 23.4 Å². The number of nitrogens with one attached hydrogen (secondary N) is 1. The second kappa shape index (κ2) is 9.07. The van der Waals surface area contributed by atoms with Crippen molar-refractivity contribution in [3.8, 4) is 0 Å². The van der Waals surface area contributed by atoms with E-state index in [0.717, 1.165) is 5.82 Å². The number of aromatic nitrogens is 1. The van der Waals surface area contributed by atoms with Gasteiger partial charge in [0.1, 0.15) is 5.82 Å². The molecule has 1 saturated heterocycles. The van der Waals surface area contributed by atoms with Crippen LogP contribution in [0.25, 0.3) is 0 Å². The van der Waals surface area contributed by atoms with Crippen LogP contribution in [0.4, 0.5) is 11.5 Å². The lowest BCUT2D eigenvalue weighted by molar-refractivity contribution is 0.0747. The van der Waals surface area contributed by atoms with E-state index in [-0.39, 0.29) is 41.8 Å². The molecule has 0 unspecified atom stereocenters. The van der Waals surface area contributed by atoms with Crippen molar-refractivity contribution >= 4 is 29.0 Å². The summed E-state index contributed by atoms with van der Waals surface area (Å²) in [6.07, 6.45) is 1.75. The number of anilines is 2. The summed E-state index contributed by atoms with van der Waals surface area (Å²) in [5.74, 6) is 0.0972. The normalized spacial score (nSPS) is 15.1. The molecule has 1 amide bonds. The molecule has 1 aliphatic heterocycles. The highest BCUT2D eigenvalue weighted by molar-refractivity contribution is 6.31. The standard InChI is InChI=1S/C26H24N4O4/c31-16-11-28-23-20(26(34)30-14-12-29(13-15-30)21-7-3-4-10-27-21)9-8-19-22(23)25(33)18-6-2-1-5-17(18)24(19)32/h1-10,28,31H,11-16H2. The van der Waals surface area contributed by atoms with E-state index >= 15 is 0 Å². The molecular formula is C26H24N4O4. The highest BCUT2D eigenvalue weighted by atomic mass is 16.3. The fourth-order valence-electron chi connectivity index (χ4n) is 4.58. The molecular weight excluding hydrogens is 432 g/mol. The monoisotopic (exact) mass is 456 g/mol. The van der Waals surface area contributed by atoms with Gasteiger partial charge in [-0.25, -0.2) is 4.98 Å². The van der Waals surface area contributed by atoms with Crippen LogP contribution in [0.5, 0.6) is 0 Å². The number of rotatable bonds is 5. The van der Waals surface area contributed by atoms with Crippen LogP contribution in [0.15, 0.2) is 60.8 Å². The van der Waals surface area contributed by atoms with Gasteiger partial charge in [-0.05, 0) is 24.3 Å². The summed E-state index contributed by atoms with van der Waals surface area (Å²) in [5.41, 5.74) is 1.75. The van der Waals surface area contributed by atoms with Gasteiger partial charge in [-0.1, -0.05) is 30.3 Å². The molecule has 0 radical (unpaired) electrons. The van der Waals surface area contributed by atoms with Crippen LogP contribution < -0.4 is 10.2 Å². The molecule has 0 saturated carbocycles. The molecule has 1 fully saturated rings. The molecule has 1 aliphatic carbocycles. The van der Waals surface area contributed by atoms with E-state index in [4.69, 9.17) is 0 Å². The zero-order chi connectivity index (χ0) is 23.7. The summed E-state index contributed by atoms with van der Waals surface area (Å²) >= 11 is 0. The van der Waals surface area contributed by atoms with E-state index in [2.05, 4.69) is 15.2 Å². The van der Waals surface area contributed by atoms with Gasteiger partial charge in [-0.2, -0.15) is 0 Å². The molecule has 0 atom stereocenters. The Labute approximate surface area is 196 Å². The molecule has 2 heterocycles. The first-order valence-electron chi connectivity index (χ1n) is 11.3. The number of carbonyl (C=O) groups excluding carboxylic acids is 3. The number of hydrogen-bond donors (Lipinski definition) is 2. The Hall–Kier alpha value is -4.04. The lowest BCUT2D eigenvalue weighted by Crippen LogP contribution is -2.49. The van der Waals surface area contributed by atoms with Crippen molar-refractivity contribution in [1.29, 1.82) is 0 Å². The second-order valence-electron chi connectivity index (χ2n) is 8.23. The van der Waals surface area contributed by atoms with Crippen LogP contribution in [0.1, 0.15) is 42.2 Å². The Balaban J connectivity index is 1.47. The summed E-state index contributed by atoms with van der Waals surface area (Å²) in [6, 6.07) is 15.6. The highest BCUT2D eigenvalue weighted by Gasteiger charge is 2.34. The molecule has 2 N–H and O–H groups in total. The Kier molecular flexibility index (Phi) is 5.81. The van der Waals surface area contributed by atoms with Crippen molar-refractivity contribution in [1.82, 2.24) is 9.88 Å². The zero-order valence-corrected chi connectivity index (χ0v) is 18.5. The summed E-state index contributed by atoms with van der Waals surface area (Å²) in [4.78, 5) is 48.3. The van der Waals surface area contributed by atoms with Crippen molar-refractivity contribution < 1.29 is 19.5 Å². The number of nitrogens with zero attached hydrogens (tertiary/aromatic N) is 3. The van der Waals surface area contributed by atoms with Crippen LogP contribution in [0.3, 0.4) is 0 Å². The van der Waals surface area contributed by atoms with Crippen molar-refractivity contribution in [2.24, 2.45) is 0 Å². The van der Waals surface area contributed by atoms with Crippen LogP contribution >= 0.6 is 0 Å². The number of piperazine rings is 1. The number of aliphatic hydroxyl groups is 1. The minimum atomic E-state index is -0.305. The molecule has 0 spiro atoms. The van der Waals surface area contributed by atoms with Crippen LogP contribution in [-0.2, 0) is 0 Å². The number of benzene rings is 2. The maximum atomic E-state index is 13.5. The van der Waals surface area contributed by atoms with Crippen LogP contribution in [0, 0.1) is 0 Å². The topological polar surface area (TPSA) is 103 Å². The van der Waals surface area contributed by atoms with E-state index in [9.17, 15) is 19.5 Å². The third-order valence-corrected chi connectivity index (χ3v) is 6.28. The fraction of sp³-hybridized carbons (Fsp3) is 0.231. The van der Waals surface area contributed by atoms with Gasteiger partial charge in [0, 0.05) is 55.6 Å². The minimum Gasteiger partial charge on any atom is -0.395 e. The molecule has 5 rings (SSSR count). The molecule has 3 aromatic rings. The highest BCUT2D eigenvalue weighted by Crippen LogP contribution is 2.35. The minimum absolute atomic E-state index is 0.146. The van der Waals surface area contributed by atoms with Gasteiger partial charge in [0.25, 0.3) is 5.91 Å². The largest absolute Gasteiger partial charge is 0.395 e. The van der Waals surface area contributed by atoms with E-state index in [1.807, 2.05) is 18.2 Å². The fourth-order valence-corrected chi connectivity index (χ4v) is 4.58. The summed E-state index contributed by atoms with van der Waals surface area (Å²) in [5, 5.41) is 12.4. The zero-order valence-electron chi connectivity index (χ0n) is 18.5. The predicted octanol–water partition coefficient (Wildman–Crippen LogP) is 2.22. The summed E-state index contributed by atoms with van der Waals surface area (Å²) < 4.78 is 0. The van der Waals surface area contributed by atoms with Crippen molar-refractivity contribution in [2.45, 2.75) is 0 Å². The SMILES string of the molecule is O=C1c2ccccc2C(=O)c2c1ccc(C(=O)N1CCN(c3ccccn3)CC1)c2NCCO. The number of aliphatic hydroxyl groups excluding tert-OH is 1. The smallest absolute Gasteiger partial charge is 0.256 e. The van der Waals surface area contributed by atoms with Crippen LogP contribution in [0.2, 0.25) is 0 Å². The Bertz CT molecular complexity index is 1270. The third kappa shape index (κ3) is 3.72. The molecule has 172 valence electrons. The first kappa shape index (κ1) is 21.8. The van der Waals surface area contributed by atoms with Crippen molar-refractivity contribution in [3.05, 3.63) is 88.6 Å². The quantitative estimate of drug-likeness (QED) is 0.475. The second-order valence-corrected chi connectivity index (χ2v) is 8.23. The summed E-state index contributed by atoms with van der Waals surface area (Å²) in [6.45, 7) is 2.24. The van der Waals surface area contributed by atoms with Crippen molar-refractivity contribution in [2.75, 3.05) is 49.5 Å². The van der Waals surface area contributed by atoms with Gasteiger partial charge in [0.2, 0.25) is 0 Å². The average molecular weight is 457 g/mol. The van der Waals surface area contributed by atoms with Crippen molar-refractivity contribution in [3.63, 3.8) is 0 Å². The number of amides is 1. The summed E-state index contributed by atoms with van der Waals surface area (Å²) in [7, 11) is 0. The Morgan fingerprint density at radius 3 is 2.26 bits per heavy atom. The first-order valence-corrected chi connectivity index (χ1v) is 11.3. The number of hydrogen-bond acceptors (Lipinski definition) is 7. The molecule has 34 heavy (non-hydrogen) atoms. The number of pyridine rings is 1. The third-order valence-electron chi connectivity index (χ3n) is 6.28.